The monoisotopic (exact) mass is 262 g/mol. The number of carbonyl (C=O) groups is 1. The number of hydrogen-bond donors (Lipinski definition) is 0. The molecule has 0 fully saturated rings. The van der Waals surface area contributed by atoms with Gasteiger partial charge < -0.3 is 0 Å². The van der Waals surface area contributed by atoms with Crippen LogP contribution in [0.25, 0.3) is 11.1 Å². The molecule has 0 spiro atoms. The number of aldehydes is 1. The third kappa shape index (κ3) is 2.29. The predicted molar refractivity (Wildman–Crippen MR) is 71.7 cm³/mol. The van der Waals surface area contributed by atoms with Crippen LogP contribution in [-0.2, 0) is 0 Å². The zero-order chi connectivity index (χ0) is 13.3. The molecule has 3 heteroatoms. The van der Waals surface area contributed by atoms with Crippen LogP contribution in [0, 0.1) is 19.7 Å². The maximum atomic E-state index is 14.1. The van der Waals surface area contributed by atoms with Crippen LogP contribution < -0.4 is 0 Å². The van der Waals surface area contributed by atoms with E-state index in [4.69, 9.17) is 11.6 Å². The standard InChI is InChI=1S/C15H12ClFO/c1-9-5-10(2)15(14(17)6-9)13-7-12(16)4-3-11(13)8-18/h3-8H,1-2H3. The Balaban J connectivity index is 2.76. The molecule has 0 saturated heterocycles. The van der Waals surface area contributed by atoms with E-state index in [-0.39, 0.29) is 5.82 Å². The van der Waals surface area contributed by atoms with Crippen LogP contribution in [0.2, 0.25) is 5.02 Å². The second-order valence-corrected chi connectivity index (χ2v) is 4.72. The normalized spacial score (nSPS) is 10.4. The summed E-state index contributed by atoms with van der Waals surface area (Å²) in [6.45, 7) is 3.65. The zero-order valence-corrected chi connectivity index (χ0v) is 10.9. The van der Waals surface area contributed by atoms with E-state index in [9.17, 15) is 9.18 Å². The largest absolute Gasteiger partial charge is 0.298 e. The molecule has 92 valence electrons. The maximum absolute atomic E-state index is 14.1. The lowest BCUT2D eigenvalue weighted by Crippen LogP contribution is -1.95. The van der Waals surface area contributed by atoms with Gasteiger partial charge in [-0.3, -0.25) is 4.79 Å². The molecule has 0 atom stereocenters. The van der Waals surface area contributed by atoms with Crippen LogP contribution >= 0.6 is 11.6 Å². The summed E-state index contributed by atoms with van der Waals surface area (Å²) in [4.78, 5) is 11.0. The molecule has 0 aliphatic heterocycles. The summed E-state index contributed by atoms with van der Waals surface area (Å²) < 4.78 is 14.1. The minimum Gasteiger partial charge on any atom is -0.298 e. The number of aryl methyl sites for hydroxylation is 2. The van der Waals surface area contributed by atoms with Crippen LogP contribution in [-0.4, -0.2) is 6.29 Å². The Morgan fingerprint density at radius 3 is 2.50 bits per heavy atom. The highest BCUT2D eigenvalue weighted by Crippen LogP contribution is 2.31. The first-order chi connectivity index (χ1) is 8.52. The van der Waals surface area contributed by atoms with Crippen LogP contribution in [0.15, 0.2) is 30.3 Å². The Morgan fingerprint density at radius 2 is 1.89 bits per heavy atom. The summed E-state index contributed by atoms with van der Waals surface area (Å²) in [7, 11) is 0. The maximum Gasteiger partial charge on any atom is 0.150 e. The topological polar surface area (TPSA) is 17.1 Å². The number of rotatable bonds is 2. The molecular formula is C15H12ClFO. The van der Waals surface area contributed by atoms with Gasteiger partial charge in [-0.25, -0.2) is 4.39 Å². The summed E-state index contributed by atoms with van der Waals surface area (Å²) in [5.41, 5.74) is 3.05. The highest BCUT2D eigenvalue weighted by molar-refractivity contribution is 6.31. The number of hydrogen-bond acceptors (Lipinski definition) is 1. The predicted octanol–water partition coefficient (Wildman–Crippen LogP) is 4.58. The van der Waals surface area contributed by atoms with E-state index in [0.29, 0.717) is 28.0 Å². The van der Waals surface area contributed by atoms with Crippen molar-refractivity contribution >= 4 is 17.9 Å². The lowest BCUT2D eigenvalue weighted by atomic mass is 9.94. The van der Waals surface area contributed by atoms with Gasteiger partial charge in [-0.05, 0) is 54.8 Å². The number of benzene rings is 2. The lowest BCUT2D eigenvalue weighted by Gasteiger charge is -2.11. The van der Waals surface area contributed by atoms with Gasteiger partial charge in [-0.15, -0.1) is 0 Å². The third-order valence-electron chi connectivity index (χ3n) is 2.84. The number of carbonyl (C=O) groups excluding carboxylic acids is 1. The molecule has 0 bridgehead atoms. The molecule has 1 nitrogen and oxygen atoms in total. The summed E-state index contributed by atoms with van der Waals surface area (Å²) >= 11 is 5.92. The van der Waals surface area contributed by atoms with E-state index in [1.54, 1.807) is 18.2 Å². The van der Waals surface area contributed by atoms with Crippen LogP contribution in [0.5, 0.6) is 0 Å². The van der Waals surface area contributed by atoms with E-state index in [1.165, 1.54) is 6.07 Å². The first-order valence-electron chi connectivity index (χ1n) is 5.55. The Kier molecular flexibility index (Phi) is 3.48. The van der Waals surface area contributed by atoms with Gasteiger partial charge in [0, 0.05) is 16.1 Å². The van der Waals surface area contributed by atoms with Gasteiger partial charge in [0.05, 0.1) is 0 Å². The molecule has 0 heterocycles. The minimum absolute atomic E-state index is 0.335. The first kappa shape index (κ1) is 12.8. The van der Waals surface area contributed by atoms with Gasteiger partial charge in [0.15, 0.2) is 6.29 Å². The molecule has 0 amide bonds. The van der Waals surface area contributed by atoms with Gasteiger partial charge in [-0.1, -0.05) is 17.7 Å². The van der Waals surface area contributed by atoms with Gasteiger partial charge >= 0.3 is 0 Å². The van der Waals surface area contributed by atoms with Gasteiger partial charge in [0.2, 0.25) is 0 Å². The van der Waals surface area contributed by atoms with Crippen molar-refractivity contribution in [3.05, 3.63) is 57.9 Å². The van der Waals surface area contributed by atoms with E-state index >= 15 is 0 Å². The molecule has 2 rings (SSSR count). The van der Waals surface area contributed by atoms with Crippen LogP contribution in [0.3, 0.4) is 0 Å². The lowest BCUT2D eigenvalue weighted by molar-refractivity contribution is 0.112. The fourth-order valence-corrected chi connectivity index (χ4v) is 2.28. The van der Waals surface area contributed by atoms with Crippen molar-refractivity contribution in [2.24, 2.45) is 0 Å². The summed E-state index contributed by atoms with van der Waals surface area (Å²) in [5.74, 6) is -0.335. The molecule has 0 radical (unpaired) electrons. The smallest absolute Gasteiger partial charge is 0.150 e. The molecule has 0 aliphatic carbocycles. The van der Waals surface area contributed by atoms with Crippen LogP contribution in [0.1, 0.15) is 21.5 Å². The quantitative estimate of drug-likeness (QED) is 0.724. The van der Waals surface area contributed by atoms with Crippen LogP contribution in [0.4, 0.5) is 4.39 Å². The van der Waals surface area contributed by atoms with E-state index in [2.05, 4.69) is 0 Å². The molecule has 0 aromatic heterocycles. The molecule has 18 heavy (non-hydrogen) atoms. The fourth-order valence-electron chi connectivity index (χ4n) is 2.10. The van der Waals surface area contributed by atoms with Crippen molar-refractivity contribution in [3.8, 4) is 11.1 Å². The SMILES string of the molecule is Cc1cc(C)c(-c2cc(Cl)ccc2C=O)c(F)c1. The zero-order valence-electron chi connectivity index (χ0n) is 10.1. The van der Waals surface area contributed by atoms with Crippen molar-refractivity contribution < 1.29 is 9.18 Å². The van der Waals surface area contributed by atoms with E-state index in [1.807, 2.05) is 19.9 Å². The van der Waals surface area contributed by atoms with E-state index in [0.717, 1.165) is 11.1 Å². The highest BCUT2D eigenvalue weighted by Gasteiger charge is 2.13. The van der Waals surface area contributed by atoms with Gasteiger partial charge in [0.25, 0.3) is 0 Å². The minimum atomic E-state index is -0.335. The average molecular weight is 263 g/mol. The summed E-state index contributed by atoms with van der Waals surface area (Å²) in [6, 6.07) is 8.18. The molecule has 0 aliphatic rings. The molecule has 2 aromatic carbocycles. The van der Waals surface area contributed by atoms with Crippen molar-refractivity contribution in [2.45, 2.75) is 13.8 Å². The molecule has 2 aromatic rings. The molecule has 0 saturated carbocycles. The molecule has 0 unspecified atom stereocenters. The third-order valence-corrected chi connectivity index (χ3v) is 3.08. The molecular weight excluding hydrogens is 251 g/mol. The van der Waals surface area contributed by atoms with E-state index < -0.39 is 0 Å². The molecule has 0 N–H and O–H groups in total. The second kappa shape index (κ2) is 4.91. The Bertz CT molecular complexity index is 597. The van der Waals surface area contributed by atoms with Crippen molar-refractivity contribution in [3.63, 3.8) is 0 Å². The van der Waals surface area contributed by atoms with Crippen molar-refractivity contribution in [2.75, 3.05) is 0 Å². The number of halogens is 2. The highest BCUT2D eigenvalue weighted by atomic mass is 35.5. The summed E-state index contributed by atoms with van der Waals surface area (Å²) in [5, 5.41) is 0.481. The average Bonchev–Trinajstić information content (AvgIpc) is 2.28. The first-order valence-corrected chi connectivity index (χ1v) is 5.92. The Hall–Kier alpha value is -1.67. The second-order valence-electron chi connectivity index (χ2n) is 4.29. The van der Waals surface area contributed by atoms with Gasteiger partial charge in [0.1, 0.15) is 5.82 Å². The van der Waals surface area contributed by atoms with Gasteiger partial charge in [-0.2, -0.15) is 0 Å². The van der Waals surface area contributed by atoms with Crippen molar-refractivity contribution in [1.29, 1.82) is 0 Å². The Labute approximate surface area is 110 Å². The van der Waals surface area contributed by atoms with Crippen molar-refractivity contribution in [1.82, 2.24) is 0 Å². The fraction of sp³-hybridized carbons (Fsp3) is 0.133. The summed E-state index contributed by atoms with van der Waals surface area (Å²) in [6.07, 6.45) is 0.713. The Morgan fingerprint density at radius 1 is 1.17 bits per heavy atom.